The molecule has 2 aromatic rings. The highest BCUT2D eigenvalue weighted by Gasteiger charge is 2.03. The molecule has 0 aliphatic heterocycles. The van der Waals surface area contributed by atoms with Gasteiger partial charge in [0.25, 0.3) is 0 Å². The Hall–Kier alpha value is -1.88. The Morgan fingerprint density at radius 2 is 2.12 bits per heavy atom. The second-order valence-corrected chi connectivity index (χ2v) is 3.65. The second kappa shape index (κ2) is 6.00. The largest absolute Gasteiger partial charge is 0.383 e. The molecule has 1 aromatic heterocycles. The third-order valence-electron chi connectivity index (χ3n) is 2.46. The molecular weight excluding hydrogens is 216 g/mol. The van der Waals surface area contributed by atoms with E-state index in [9.17, 15) is 0 Å². The number of para-hydroxylation sites is 1. The first-order valence-corrected chi connectivity index (χ1v) is 5.54. The monoisotopic (exact) mass is 232 g/mol. The smallest absolute Gasteiger partial charge is 0.152 e. The molecular formula is C12H16N4O. The van der Waals surface area contributed by atoms with E-state index in [1.54, 1.807) is 13.4 Å². The summed E-state index contributed by atoms with van der Waals surface area (Å²) in [5.74, 6) is 0.908. The van der Waals surface area contributed by atoms with E-state index in [2.05, 4.69) is 15.5 Å². The maximum Gasteiger partial charge on any atom is 0.152 e. The fraction of sp³-hybridized carbons (Fsp3) is 0.333. The SMILES string of the molecule is COCCn1cnnc1CNc1ccccc1. The van der Waals surface area contributed by atoms with E-state index in [0.29, 0.717) is 13.2 Å². The molecule has 2 rings (SSSR count). The molecule has 0 saturated heterocycles. The zero-order chi connectivity index (χ0) is 11.9. The molecule has 17 heavy (non-hydrogen) atoms. The van der Waals surface area contributed by atoms with E-state index in [0.717, 1.165) is 18.1 Å². The number of nitrogens with one attached hydrogen (secondary N) is 1. The van der Waals surface area contributed by atoms with Crippen molar-refractivity contribution in [3.63, 3.8) is 0 Å². The summed E-state index contributed by atoms with van der Waals surface area (Å²) in [4.78, 5) is 0. The number of anilines is 1. The Bertz CT molecular complexity index is 441. The van der Waals surface area contributed by atoms with Crippen LogP contribution >= 0.6 is 0 Å². The van der Waals surface area contributed by atoms with Gasteiger partial charge in [0.1, 0.15) is 6.33 Å². The van der Waals surface area contributed by atoms with Crippen molar-refractivity contribution in [2.24, 2.45) is 0 Å². The molecule has 0 spiro atoms. The van der Waals surface area contributed by atoms with Crippen LogP contribution in [0.5, 0.6) is 0 Å². The average Bonchev–Trinajstić information content (AvgIpc) is 2.82. The normalized spacial score (nSPS) is 10.4. The maximum atomic E-state index is 5.04. The van der Waals surface area contributed by atoms with Crippen molar-refractivity contribution >= 4 is 5.69 Å². The molecule has 1 aromatic carbocycles. The van der Waals surface area contributed by atoms with Crippen molar-refractivity contribution in [3.8, 4) is 0 Å². The Kier molecular flexibility index (Phi) is 4.10. The molecule has 5 heteroatoms. The lowest BCUT2D eigenvalue weighted by atomic mass is 10.3. The lowest BCUT2D eigenvalue weighted by Crippen LogP contribution is -2.11. The van der Waals surface area contributed by atoms with Crippen molar-refractivity contribution in [1.82, 2.24) is 14.8 Å². The van der Waals surface area contributed by atoms with Gasteiger partial charge >= 0.3 is 0 Å². The number of nitrogens with zero attached hydrogens (tertiary/aromatic N) is 3. The predicted octanol–water partition coefficient (Wildman–Crippen LogP) is 1.54. The molecule has 0 unspecified atom stereocenters. The van der Waals surface area contributed by atoms with Crippen molar-refractivity contribution in [3.05, 3.63) is 42.5 Å². The van der Waals surface area contributed by atoms with Crippen LogP contribution in [0.2, 0.25) is 0 Å². The molecule has 0 saturated carbocycles. The van der Waals surface area contributed by atoms with E-state index in [4.69, 9.17) is 4.74 Å². The van der Waals surface area contributed by atoms with Gasteiger partial charge in [-0.25, -0.2) is 0 Å². The molecule has 0 aliphatic carbocycles. The first-order valence-electron chi connectivity index (χ1n) is 5.54. The molecule has 90 valence electrons. The Labute approximate surface area is 100 Å². The molecule has 0 fully saturated rings. The molecule has 0 aliphatic rings. The van der Waals surface area contributed by atoms with Gasteiger partial charge in [-0.15, -0.1) is 10.2 Å². The Morgan fingerprint density at radius 1 is 1.29 bits per heavy atom. The van der Waals surface area contributed by atoms with Gasteiger partial charge in [-0.2, -0.15) is 0 Å². The third-order valence-corrected chi connectivity index (χ3v) is 2.46. The lowest BCUT2D eigenvalue weighted by Gasteiger charge is -2.07. The van der Waals surface area contributed by atoms with Gasteiger partial charge in [0.2, 0.25) is 0 Å². The highest BCUT2D eigenvalue weighted by Crippen LogP contribution is 2.06. The van der Waals surface area contributed by atoms with Crippen LogP contribution in [0.4, 0.5) is 5.69 Å². The minimum atomic E-state index is 0.660. The summed E-state index contributed by atoms with van der Waals surface area (Å²) in [6.07, 6.45) is 1.72. The summed E-state index contributed by atoms with van der Waals surface area (Å²) in [5.41, 5.74) is 1.08. The highest BCUT2D eigenvalue weighted by atomic mass is 16.5. The summed E-state index contributed by atoms with van der Waals surface area (Å²) in [5, 5.41) is 11.3. The number of hydrogen-bond acceptors (Lipinski definition) is 4. The zero-order valence-electron chi connectivity index (χ0n) is 9.84. The van der Waals surface area contributed by atoms with Gasteiger partial charge in [0, 0.05) is 19.3 Å². The van der Waals surface area contributed by atoms with Crippen LogP contribution in [0, 0.1) is 0 Å². The van der Waals surface area contributed by atoms with E-state index in [-0.39, 0.29) is 0 Å². The maximum absolute atomic E-state index is 5.04. The minimum Gasteiger partial charge on any atom is -0.383 e. The number of rotatable bonds is 6. The van der Waals surface area contributed by atoms with Crippen LogP contribution in [0.15, 0.2) is 36.7 Å². The Morgan fingerprint density at radius 3 is 2.88 bits per heavy atom. The quantitative estimate of drug-likeness (QED) is 0.820. The second-order valence-electron chi connectivity index (χ2n) is 3.65. The number of methoxy groups -OCH3 is 1. The van der Waals surface area contributed by atoms with E-state index >= 15 is 0 Å². The zero-order valence-corrected chi connectivity index (χ0v) is 9.84. The predicted molar refractivity (Wildman–Crippen MR) is 65.7 cm³/mol. The van der Waals surface area contributed by atoms with Gasteiger partial charge in [0.05, 0.1) is 13.2 Å². The molecule has 1 heterocycles. The Balaban J connectivity index is 1.92. The molecule has 0 amide bonds. The van der Waals surface area contributed by atoms with Crippen LogP contribution in [0.25, 0.3) is 0 Å². The van der Waals surface area contributed by atoms with Gasteiger partial charge in [-0.1, -0.05) is 18.2 Å². The highest BCUT2D eigenvalue weighted by molar-refractivity contribution is 5.42. The van der Waals surface area contributed by atoms with Crippen LogP contribution in [0.1, 0.15) is 5.82 Å². The first kappa shape index (κ1) is 11.6. The molecule has 0 bridgehead atoms. The van der Waals surface area contributed by atoms with Crippen molar-refractivity contribution in [2.75, 3.05) is 19.0 Å². The van der Waals surface area contributed by atoms with Gasteiger partial charge < -0.3 is 14.6 Å². The molecule has 0 atom stereocenters. The molecule has 0 radical (unpaired) electrons. The number of benzene rings is 1. The minimum absolute atomic E-state index is 0.660. The number of ether oxygens (including phenoxy) is 1. The van der Waals surface area contributed by atoms with Crippen LogP contribution in [-0.4, -0.2) is 28.5 Å². The summed E-state index contributed by atoms with van der Waals surface area (Å²) < 4.78 is 7.02. The van der Waals surface area contributed by atoms with Crippen LogP contribution in [0.3, 0.4) is 0 Å². The van der Waals surface area contributed by atoms with E-state index < -0.39 is 0 Å². The van der Waals surface area contributed by atoms with E-state index in [1.807, 2.05) is 34.9 Å². The van der Waals surface area contributed by atoms with Gasteiger partial charge in [0.15, 0.2) is 5.82 Å². The van der Waals surface area contributed by atoms with Crippen LogP contribution in [-0.2, 0) is 17.8 Å². The fourth-order valence-electron chi connectivity index (χ4n) is 1.53. The summed E-state index contributed by atoms with van der Waals surface area (Å²) in [7, 11) is 1.69. The standard InChI is InChI=1S/C12H16N4O/c1-17-8-7-16-10-14-15-12(16)9-13-11-5-3-2-4-6-11/h2-6,10,13H,7-9H2,1H3. The van der Waals surface area contributed by atoms with Crippen molar-refractivity contribution in [2.45, 2.75) is 13.1 Å². The summed E-state index contributed by atoms with van der Waals surface area (Å²) in [6.45, 7) is 2.10. The summed E-state index contributed by atoms with van der Waals surface area (Å²) >= 11 is 0. The fourth-order valence-corrected chi connectivity index (χ4v) is 1.53. The molecule has 5 nitrogen and oxygen atoms in total. The van der Waals surface area contributed by atoms with Crippen LogP contribution < -0.4 is 5.32 Å². The topological polar surface area (TPSA) is 52.0 Å². The first-order chi connectivity index (χ1) is 8.40. The third kappa shape index (κ3) is 3.29. The van der Waals surface area contributed by atoms with Gasteiger partial charge in [-0.05, 0) is 12.1 Å². The van der Waals surface area contributed by atoms with Gasteiger partial charge in [-0.3, -0.25) is 0 Å². The number of hydrogen-bond donors (Lipinski definition) is 1. The van der Waals surface area contributed by atoms with Crippen molar-refractivity contribution in [1.29, 1.82) is 0 Å². The summed E-state index contributed by atoms with van der Waals surface area (Å²) in [6, 6.07) is 10.0. The molecule has 1 N–H and O–H groups in total. The lowest BCUT2D eigenvalue weighted by molar-refractivity contribution is 0.186. The average molecular weight is 232 g/mol. The number of aromatic nitrogens is 3. The van der Waals surface area contributed by atoms with Crippen molar-refractivity contribution < 1.29 is 4.74 Å². The van der Waals surface area contributed by atoms with E-state index in [1.165, 1.54) is 0 Å².